The van der Waals surface area contributed by atoms with Gasteiger partial charge in [-0.05, 0) is 31.8 Å². The molecule has 0 fully saturated rings. The van der Waals surface area contributed by atoms with E-state index in [4.69, 9.17) is 4.74 Å². The van der Waals surface area contributed by atoms with Crippen molar-refractivity contribution in [3.63, 3.8) is 0 Å². The molecule has 6 nitrogen and oxygen atoms in total. The number of benzene rings is 1. The molecular weight excluding hydrogens is 270 g/mol. The van der Waals surface area contributed by atoms with Crippen LogP contribution in [-0.2, 0) is 16.0 Å². The molecule has 1 aliphatic rings. The molecule has 6 heteroatoms. The van der Waals surface area contributed by atoms with Crippen LogP contribution in [0.2, 0.25) is 0 Å². The van der Waals surface area contributed by atoms with Crippen LogP contribution < -0.4 is 15.4 Å². The predicted octanol–water partition coefficient (Wildman–Crippen LogP) is 0.628. The Hall–Kier alpha value is -2.08. The summed E-state index contributed by atoms with van der Waals surface area (Å²) < 4.78 is 5.48. The normalized spacial score (nSPS) is 14.0. The third kappa shape index (κ3) is 4.75. The van der Waals surface area contributed by atoms with Crippen LogP contribution in [0.25, 0.3) is 0 Å². The number of carbonyl (C=O) groups is 2. The van der Waals surface area contributed by atoms with Crippen LogP contribution in [0, 0.1) is 0 Å². The molecule has 2 rings (SSSR count). The standard InChI is InChI=1S/C15H21N3O3/c1-18(2)7-6-16-15(20)10-11-3-4-13-12(9-11)17-14(19)5-8-21-13/h3-4,9H,5-8,10H2,1-2H3,(H,16,20)(H,17,19). The zero-order chi connectivity index (χ0) is 15.2. The topological polar surface area (TPSA) is 70.7 Å². The summed E-state index contributed by atoms with van der Waals surface area (Å²) in [5.41, 5.74) is 1.48. The first-order chi connectivity index (χ1) is 10.0. The van der Waals surface area contributed by atoms with Gasteiger partial charge in [-0.2, -0.15) is 0 Å². The molecule has 0 saturated heterocycles. The summed E-state index contributed by atoms with van der Waals surface area (Å²) in [6.07, 6.45) is 0.631. The molecule has 2 N–H and O–H groups in total. The number of hydrogen-bond donors (Lipinski definition) is 2. The monoisotopic (exact) mass is 291 g/mol. The Morgan fingerprint density at radius 3 is 3.00 bits per heavy atom. The van der Waals surface area contributed by atoms with Crippen LogP contribution in [0.3, 0.4) is 0 Å². The van der Waals surface area contributed by atoms with E-state index in [1.165, 1.54) is 0 Å². The van der Waals surface area contributed by atoms with Crippen molar-refractivity contribution in [1.29, 1.82) is 0 Å². The van der Waals surface area contributed by atoms with Crippen LogP contribution in [0.15, 0.2) is 18.2 Å². The molecule has 2 amide bonds. The summed E-state index contributed by atoms with van der Waals surface area (Å²) in [6.45, 7) is 1.81. The van der Waals surface area contributed by atoms with Gasteiger partial charge >= 0.3 is 0 Å². The van der Waals surface area contributed by atoms with E-state index in [1.807, 2.05) is 25.1 Å². The van der Waals surface area contributed by atoms with Gasteiger partial charge in [0.1, 0.15) is 5.75 Å². The van der Waals surface area contributed by atoms with Crippen molar-refractivity contribution in [1.82, 2.24) is 10.2 Å². The van der Waals surface area contributed by atoms with Gasteiger partial charge < -0.3 is 20.3 Å². The van der Waals surface area contributed by atoms with Gasteiger partial charge in [0.2, 0.25) is 11.8 Å². The molecule has 0 aromatic heterocycles. The van der Waals surface area contributed by atoms with Crippen LogP contribution in [0.5, 0.6) is 5.75 Å². The molecule has 0 spiro atoms. The van der Waals surface area contributed by atoms with E-state index in [2.05, 4.69) is 10.6 Å². The minimum absolute atomic E-state index is 0.0299. The lowest BCUT2D eigenvalue weighted by atomic mass is 10.1. The third-order valence-corrected chi connectivity index (χ3v) is 3.15. The summed E-state index contributed by atoms with van der Waals surface area (Å²) >= 11 is 0. The van der Waals surface area contributed by atoms with Crippen molar-refractivity contribution in [2.75, 3.05) is 39.1 Å². The Labute approximate surface area is 124 Å². The number of fused-ring (bicyclic) bond motifs is 1. The minimum Gasteiger partial charge on any atom is -0.491 e. The molecule has 0 saturated carbocycles. The molecule has 1 aromatic rings. The van der Waals surface area contributed by atoms with Crippen LogP contribution in [0.4, 0.5) is 5.69 Å². The number of anilines is 1. The molecule has 21 heavy (non-hydrogen) atoms. The second-order valence-electron chi connectivity index (χ2n) is 5.31. The molecule has 1 heterocycles. The van der Waals surface area contributed by atoms with Crippen molar-refractivity contribution < 1.29 is 14.3 Å². The smallest absolute Gasteiger partial charge is 0.227 e. The van der Waals surface area contributed by atoms with E-state index in [9.17, 15) is 9.59 Å². The Balaban J connectivity index is 1.95. The van der Waals surface area contributed by atoms with Crippen molar-refractivity contribution in [2.45, 2.75) is 12.8 Å². The number of likely N-dealkylation sites (N-methyl/N-ethyl adjacent to an activating group) is 1. The predicted molar refractivity (Wildman–Crippen MR) is 80.5 cm³/mol. The van der Waals surface area contributed by atoms with Crippen molar-refractivity contribution in [3.8, 4) is 5.75 Å². The number of rotatable bonds is 5. The van der Waals surface area contributed by atoms with Gasteiger partial charge in [-0.15, -0.1) is 0 Å². The van der Waals surface area contributed by atoms with Gasteiger partial charge in [-0.1, -0.05) is 6.07 Å². The van der Waals surface area contributed by atoms with E-state index >= 15 is 0 Å². The minimum atomic E-state index is -0.0682. The second-order valence-corrected chi connectivity index (χ2v) is 5.31. The maximum atomic E-state index is 11.8. The highest BCUT2D eigenvalue weighted by atomic mass is 16.5. The first-order valence-corrected chi connectivity index (χ1v) is 7.01. The molecule has 0 bridgehead atoms. The van der Waals surface area contributed by atoms with Crippen molar-refractivity contribution in [2.24, 2.45) is 0 Å². The Bertz CT molecular complexity index is 529. The number of carbonyl (C=O) groups excluding carboxylic acids is 2. The van der Waals surface area contributed by atoms with Gasteiger partial charge in [-0.25, -0.2) is 0 Å². The van der Waals surface area contributed by atoms with E-state index in [1.54, 1.807) is 12.1 Å². The lowest BCUT2D eigenvalue weighted by molar-refractivity contribution is -0.120. The molecule has 1 aliphatic heterocycles. The lowest BCUT2D eigenvalue weighted by Gasteiger charge is -2.11. The average Bonchev–Trinajstić information content (AvgIpc) is 2.58. The lowest BCUT2D eigenvalue weighted by Crippen LogP contribution is -2.32. The third-order valence-electron chi connectivity index (χ3n) is 3.15. The first-order valence-electron chi connectivity index (χ1n) is 7.01. The highest BCUT2D eigenvalue weighted by Gasteiger charge is 2.14. The van der Waals surface area contributed by atoms with E-state index < -0.39 is 0 Å². The summed E-state index contributed by atoms with van der Waals surface area (Å²) in [7, 11) is 3.92. The van der Waals surface area contributed by atoms with Gasteiger partial charge in [0.05, 0.1) is 25.1 Å². The summed E-state index contributed by atoms with van der Waals surface area (Å²) in [6, 6.07) is 5.44. The Morgan fingerprint density at radius 2 is 2.24 bits per heavy atom. The van der Waals surface area contributed by atoms with Crippen LogP contribution >= 0.6 is 0 Å². The fraction of sp³-hybridized carbons (Fsp3) is 0.467. The molecule has 0 radical (unpaired) electrons. The highest BCUT2D eigenvalue weighted by Crippen LogP contribution is 2.28. The summed E-state index contributed by atoms with van der Waals surface area (Å²) in [5.74, 6) is 0.552. The number of nitrogens with one attached hydrogen (secondary N) is 2. The molecule has 0 unspecified atom stereocenters. The molecule has 0 aliphatic carbocycles. The Morgan fingerprint density at radius 1 is 1.43 bits per heavy atom. The maximum Gasteiger partial charge on any atom is 0.227 e. The maximum absolute atomic E-state index is 11.8. The van der Waals surface area contributed by atoms with Gasteiger partial charge in [-0.3, -0.25) is 9.59 Å². The molecule has 0 atom stereocenters. The van der Waals surface area contributed by atoms with Gasteiger partial charge in [0, 0.05) is 13.1 Å². The largest absolute Gasteiger partial charge is 0.491 e. The highest BCUT2D eigenvalue weighted by molar-refractivity contribution is 5.93. The summed E-state index contributed by atoms with van der Waals surface area (Å²) in [5, 5.41) is 5.66. The molecular formula is C15H21N3O3. The van der Waals surface area contributed by atoms with E-state index in [-0.39, 0.29) is 18.2 Å². The van der Waals surface area contributed by atoms with Crippen LogP contribution in [0.1, 0.15) is 12.0 Å². The average molecular weight is 291 g/mol. The first kappa shape index (κ1) is 15.3. The summed E-state index contributed by atoms with van der Waals surface area (Å²) in [4.78, 5) is 25.4. The number of nitrogens with zero attached hydrogens (tertiary/aromatic N) is 1. The van der Waals surface area contributed by atoms with Crippen molar-refractivity contribution >= 4 is 17.5 Å². The number of amides is 2. The quantitative estimate of drug-likeness (QED) is 0.834. The Kier molecular flexibility index (Phi) is 5.16. The fourth-order valence-electron chi connectivity index (χ4n) is 2.04. The zero-order valence-electron chi connectivity index (χ0n) is 12.4. The SMILES string of the molecule is CN(C)CCNC(=O)Cc1ccc2c(c1)NC(=O)CCO2. The molecule has 114 valence electrons. The van der Waals surface area contributed by atoms with Crippen LogP contribution in [-0.4, -0.2) is 50.5 Å². The van der Waals surface area contributed by atoms with E-state index in [0.29, 0.717) is 31.0 Å². The van der Waals surface area contributed by atoms with Crippen molar-refractivity contribution in [3.05, 3.63) is 23.8 Å². The molecule has 1 aromatic carbocycles. The zero-order valence-corrected chi connectivity index (χ0v) is 12.4. The van der Waals surface area contributed by atoms with Gasteiger partial charge in [0.15, 0.2) is 0 Å². The second kappa shape index (κ2) is 7.08. The number of ether oxygens (including phenoxy) is 1. The number of hydrogen-bond acceptors (Lipinski definition) is 4. The fourth-order valence-corrected chi connectivity index (χ4v) is 2.04. The van der Waals surface area contributed by atoms with E-state index in [0.717, 1.165) is 12.1 Å². The van der Waals surface area contributed by atoms with Gasteiger partial charge in [0.25, 0.3) is 0 Å².